The molecule has 3 rings (SSSR count). The molecule has 1 amide bonds. The molecular formula is C18H18FNO. The first-order valence-electron chi connectivity index (χ1n) is 7.27. The van der Waals surface area contributed by atoms with Crippen molar-refractivity contribution in [1.29, 1.82) is 0 Å². The zero-order chi connectivity index (χ0) is 14.8. The average Bonchev–Trinajstić information content (AvgIpc) is 3.31. The molecule has 0 radical (unpaired) electrons. The molecule has 0 aromatic heterocycles. The quantitative estimate of drug-likeness (QED) is 0.902. The van der Waals surface area contributed by atoms with Crippen LogP contribution in [-0.2, 0) is 0 Å². The molecule has 1 aliphatic rings. The Morgan fingerprint density at radius 3 is 2.43 bits per heavy atom. The van der Waals surface area contributed by atoms with E-state index in [1.807, 2.05) is 31.2 Å². The van der Waals surface area contributed by atoms with Gasteiger partial charge in [0.05, 0.1) is 11.6 Å². The van der Waals surface area contributed by atoms with Gasteiger partial charge in [-0.15, -0.1) is 0 Å². The summed E-state index contributed by atoms with van der Waals surface area (Å²) < 4.78 is 13.7. The first-order valence-corrected chi connectivity index (χ1v) is 7.27. The maximum atomic E-state index is 13.7. The number of benzene rings is 2. The van der Waals surface area contributed by atoms with Gasteiger partial charge in [0.15, 0.2) is 0 Å². The highest BCUT2D eigenvalue weighted by Crippen LogP contribution is 2.41. The molecule has 0 saturated heterocycles. The van der Waals surface area contributed by atoms with Crippen LogP contribution in [0.3, 0.4) is 0 Å². The number of hydrogen-bond donors (Lipinski definition) is 1. The van der Waals surface area contributed by atoms with E-state index in [-0.39, 0.29) is 17.5 Å². The van der Waals surface area contributed by atoms with Crippen molar-refractivity contribution in [2.45, 2.75) is 25.8 Å². The minimum Gasteiger partial charge on any atom is -0.345 e. The third-order valence-corrected chi connectivity index (χ3v) is 3.93. The number of hydrogen-bond acceptors (Lipinski definition) is 1. The number of aryl methyl sites for hydroxylation is 1. The van der Waals surface area contributed by atoms with Crippen molar-refractivity contribution in [3.63, 3.8) is 0 Å². The second-order valence-corrected chi connectivity index (χ2v) is 5.68. The van der Waals surface area contributed by atoms with E-state index in [0.29, 0.717) is 5.92 Å². The van der Waals surface area contributed by atoms with Crippen molar-refractivity contribution < 1.29 is 9.18 Å². The molecule has 1 unspecified atom stereocenters. The van der Waals surface area contributed by atoms with E-state index in [9.17, 15) is 9.18 Å². The maximum absolute atomic E-state index is 13.7. The van der Waals surface area contributed by atoms with Crippen LogP contribution in [0.4, 0.5) is 4.39 Å². The summed E-state index contributed by atoms with van der Waals surface area (Å²) in [4.78, 5) is 12.3. The molecule has 1 N–H and O–H groups in total. The molecule has 2 nitrogen and oxygen atoms in total. The van der Waals surface area contributed by atoms with E-state index >= 15 is 0 Å². The first-order chi connectivity index (χ1) is 10.1. The second-order valence-electron chi connectivity index (χ2n) is 5.68. The summed E-state index contributed by atoms with van der Waals surface area (Å²) >= 11 is 0. The lowest BCUT2D eigenvalue weighted by molar-refractivity contribution is 0.0927. The number of nitrogens with one attached hydrogen (secondary N) is 1. The molecule has 1 aliphatic carbocycles. The molecule has 0 aliphatic heterocycles. The van der Waals surface area contributed by atoms with Gasteiger partial charge < -0.3 is 5.32 Å². The minimum atomic E-state index is -0.478. The number of carbonyl (C=O) groups is 1. The standard InChI is InChI=1S/C18H18FNO/c1-12-6-8-13(9-7-12)17(14-10-11-14)20-18(21)15-4-2-3-5-16(15)19/h2-9,14,17H,10-11H2,1H3,(H,20,21). The third-order valence-electron chi connectivity index (χ3n) is 3.93. The number of halogens is 1. The Kier molecular flexibility index (Phi) is 3.74. The van der Waals surface area contributed by atoms with Crippen LogP contribution in [0.15, 0.2) is 48.5 Å². The van der Waals surface area contributed by atoms with Gasteiger partial charge in [-0.05, 0) is 43.4 Å². The van der Waals surface area contributed by atoms with Crippen LogP contribution >= 0.6 is 0 Å². The summed E-state index contributed by atoms with van der Waals surface area (Å²) in [5, 5.41) is 2.99. The fourth-order valence-electron chi connectivity index (χ4n) is 2.54. The summed E-state index contributed by atoms with van der Waals surface area (Å²) in [7, 11) is 0. The highest BCUT2D eigenvalue weighted by Gasteiger charge is 2.33. The Labute approximate surface area is 124 Å². The zero-order valence-electron chi connectivity index (χ0n) is 12.0. The molecule has 0 spiro atoms. The van der Waals surface area contributed by atoms with E-state index in [4.69, 9.17) is 0 Å². The summed E-state index contributed by atoms with van der Waals surface area (Å²) in [5.74, 6) is -0.359. The monoisotopic (exact) mass is 283 g/mol. The number of amides is 1. The van der Waals surface area contributed by atoms with Crippen molar-refractivity contribution in [2.75, 3.05) is 0 Å². The summed E-state index contributed by atoms with van der Waals surface area (Å²) in [6.45, 7) is 2.04. The lowest BCUT2D eigenvalue weighted by Crippen LogP contribution is -2.30. The molecule has 0 bridgehead atoms. The highest BCUT2D eigenvalue weighted by molar-refractivity contribution is 5.94. The fraction of sp³-hybridized carbons (Fsp3) is 0.278. The van der Waals surface area contributed by atoms with Crippen molar-refractivity contribution >= 4 is 5.91 Å². The molecule has 0 heterocycles. The van der Waals surface area contributed by atoms with Gasteiger partial charge in [-0.1, -0.05) is 42.0 Å². The fourth-order valence-corrected chi connectivity index (χ4v) is 2.54. The average molecular weight is 283 g/mol. The van der Waals surface area contributed by atoms with Crippen LogP contribution in [-0.4, -0.2) is 5.91 Å². The van der Waals surface area contributed by atoms with E-state index in [1.54, 1.807) is 12.1 Å². The molecule has 2 aromatic rings. The van der Waals surface area contributed by atoms with E-state index in [0.717, 1.165) is 18.4 Å². The molecular weight excluding hydrogens is 265 g/mol. The summed E-state index contributed by atoms with van der Waals surface area (Å²) in [6, 6.07) is 14.2. The molecule has 2 aromatic carbocycles. The first kappa shape index (κ1) is 13.8. The molecule has 1 saturated carbocycles. The van der Waals surface area contributed by atoms with Gasteiger partial charge in [-0.3, -0.25) is 4.79 Å². The van der Waals surface area contributed by atoms with Crippen molar-refractivity contribution in [3.8, 4) is 0 Å². The van der Waals surface area contributed by atoms with Gasteiger partial charge in [-0.25, -0.2) is 4.39 Å². The van der Waals surface area contributed by atoms with Crippen LogP contribution in [0, 0.1) is 18.7 Å². The molecule has 21 heavy (non-hydrogen) atoms. The Balaban J connectivity index is 1.81. The zero-order valence-corrected chi connectivity index (χ0v) is 12.0. The molecule has 1 fully saturated rings. The Bertz CT molecular complexity index is 647. The third kappa shape index (κ3) is 3.13. The SMILES string of the molecule is Cc1ccc(C(NC(=O)c2ccccc2F)C2CC2)cc1. The van der Waals surface area contributed by atoms with Gasteiger partial charge in [0.2, 0.25) is 0 Å². The molecule has 108 valence electrons. The Morgan fingerprint density at radius 1 is 1.14 bits per heavy atom. The van der Waals surface area contributed by atoms with Crippen LogP contribution in [0.2, 0.25) is 0 Å². The van der Waals surface area contributed by atoms with Crippen LogP contribution in [0.1, 0.15) is 40.4 Å². The largest absolute Gasteiger partial charge is 0.345 e. The van der Waals surface area contributed by atoms with Crippen LogP contribution in [0.25, 0.3) is 0 Å². The Morgan fingerprint density at radius 2 is 1.81 bits per heavy atom. The van der Waals surface area contributed by atoms with Gasteiger partial charge in [-0.2, -0.15) is 0 Å². The van der Waals surface area contributed by atoms with E-state index < -0.39 is 5.82 Å². The second kappa shape index (κ2) is 5.68. The van der Waals surface area contributed by atoms with Gasteiger partial charge in [0, 0.05) is 0 Å². The lowest BCUT2D eigenvalue weighted by Gasteiger charge is -2.19. The van der Waals surface area contributed by atoms with Crippen LogP contribution in [0.5, 0.6) is 0 Å². The summed E-state index contributed by atoms with van der Waals surface area (Å²) in [6.07, 6.45) is 2.21. The predicted molar refractivity (Wildman–Crippen MR) is 80.5 cm³/mol. The molecule has 1 atom stereocenters. The summed E-state index contributed by atoms with van der Waals surface area (Å²) in [5.41, 5.74) is 2.39. The highest BCUT2D eigenvalue weighted by atomic mass is 19.1. The lowest BCUT2D eigenvalue weighted by atomic mass is 10.0. The van der Waals surface area contributed by atoms with Crippen molar-refractivity contribution in [1.82, 2.24) is 5.32 Å². The van der Waals surface area contributed by atoms with Gasteiger partial charge >= 0.3 is 0 Å². The minimum absolute atomic E-state index is 0.0299. The molecule has 3 heteroatoms. The van der Waals surface area contributed by atoms with E-state index in [2.05, 4.69) is 5.32 Å². The van der Waals surface area contributed by atoms with Crippen molar-refractivity contribution in [3.05, 3.63) is 71.0 Å². The number of carbonyl (C=O) groups excluding carboxylic acids is 1. The van der Waals surface area contributed by atoms with E-state index in [1.165, 1.54) is 17.7 Å². The maximum Gasteiger partial charge on any atom is 0.254 e. The predicted octanol–water partition coefficient (Wildman–Crippen LogP) is 4.02. The van der Waals surface area contributed by atoms with Gasteiger partial charge in [0.25, 0.3) is 5.91 Å². The van der Waals surface area contributed by atoms with Gasteiger partial charge in [0.1, 0.15) is 5.82 Å². The van der Waals surface area contributed by atoms with Crippen LogP contribution < -0.4 is 5.32 Å². The topological polar surface area (TPSA) is 29.1 Å². The van der Waals surface area contributed by atoms with Crippen molar-refractivity contribution in [2.24, 2.45) is 5.92 Å². The Hall–Kier alpha value is -2.16. The smallest absolute Gasteiger partial charge is 0.254 e. The number of rotatable bonds is 4. The normalized spacial score (nSPS) is 15.5.